The average Bonchev–Trinajstić information content (AvgIpc) is 2.61. The molecule has 2 rings (SSSR count). The van der Waals surface area contributed by atoms with Gasteiger partial charge in [0.2, 0.25) is 0 Å². The Hall–Kier alpha value is -2.36. The fourth-order valence-corrected chi connectivity index (χ4v) is 2.65. The molecule has 0 atom stereocenters. The van der Waals surface area contributed by atoms with Gasteiger partial charge in [0, 0.05) is 52.0 Å². The number of piperazine rings is 1. The van der Waals surface area contributed by atoms with E-state index in [1.165, 1.54) is 11.8 Å². The molecule has 0 aromatic heterocycles. The van der Waals surface area contributed by atoms with Crippen LogP contribution in [-0.4, -0.2) is 55.0 Å². The fraction of sp³-hybridized carbons (Fsp3) is 0.444. The van der Waals surface area contributed by atoms with E-state index < -0.39 is 0 Å². The van der Waals surface area contributed by atoms with Gasteiger partial charge in [-0.1, -0.05) is 29.8 Å². The van der Waals surface area contributed by atoms with Crippen LogP contribution in [0.15, 0.2) is 36.0 Å². The first-order chi connectivity index (χ1) is 11.6. The fourth-order valence-electron chi connectivity index (χ4n) is 2.65. The summed E-state index contributed by atoms with van der Waals surface area (Å²) >= 11 is 0. The van der Waals surface area contributed by atoms with E-state index in [-0.39, 0.29) is 11.5 Å². The van der Waals surface area contributed by atoms with Crippen molar-refractivity contribution in [1.82, 2.24) is 15.1 Å². The zero-order chi connectivity index (χ0) is 17.4. The summed E-state index contributed by atoms with van der Waals surface area (Å²) in [5.41, 5.74) is 8.01. The van der Waals surface area contributed by atoms with Crippen molar-refractivity contribution in [1.29, 1.82) is 5.26 Å². The van der Waals surface area contributed by atoms with Crippen molar-refractivity contribution in [3.05, 3.63) is 47.2 Å². The normalized spacial score (nSPS) is 15.9. The third-order valence-corrected chi connectivity index (χ3v) is 4.13. The number of nitrogens with zero attached hydrogens (tertiary/aromatic N) is 3. The molecule has 1 heterocycles. The van der Waals surface area contributed by atoms with Crippen LogP contribution in [0.4, 0.5) is 0 Å². The van der Waals surface area contributed by atoms with Gasteiger partial charge in [-0.2, -0.15) is 5.26 Å². The quantitative estimate of drug-likeness (QED) is 0.590. The largest absolute Gasteiger partial charge is 0.386 e. The molecule has 1 amide bonds. The molecule has 128 valence electrons. The molecule has 0 spiro atoms. The first-order valence-electron chi connectivity index (χ1n) is 8.25. The van der Waals surface area contributed by atoms with Crippen LogP contribution in [0.25, 0.3) is 0 Å². The van der Waals surface area contributed by atoms with Crippen molar-refractivity contribution in [3.63, 3.8) is 0 Å². The Morgan fingerprint density at radius 2 is 1.96 bits per heavy atom. The Balaban J connectivity index is 1.87. The molecular formula is C18H25N5O. The number of nitriles is 1. The van der Waals surface area contributed by atoms with Gasteiger partial charge in [0.15, 0.2) is 0 Å². The van der Waals surface area contributed by atoms with Crippen LogP contribution >= 0.6 is 0 Å². The minimum atomic E-state index is -0.207. The minimum absolute atomic E-state index is 0.148. The highest BCUT2D eigenvalue weighted by Crippen LogP contribution is 2.07. The van der Waals surface area contributed by atoms with E-state index >= 15 is 0 Å². The summed E-state index contributed by atoms with van der Waals surface area (Å²) in [5, 5.41) is 12.3. The molecule has 6 nitrogen and oxygen atoms in total. The van der Waals surface area contributed by atoms with E-state index in [2.05, 4.69) is 10.2 Å². The lowest BCUT2D eigenvalue weighted by Gasteiger charge is -2.34. The highest BCUT2D eigenvalue weighted by molar-refractivity contribution is 5.97. The number of amides is 1. The lowest BCUT2D eigenvalue weighted by Crippen LogP contribution is -2.50. The molecule has 1 aromatic carbocycles. The molecular weight excluding hydrogens is 302 g/mol. The molecule has 1 aromatic rings. The monoisotopic (exact) mass is 327 g/mol. The summed E-state index contributed by atoms with van der Waals surface area (Å²) in [6, 6.07) is 10.1. The maximum atomic E-state index is 12.4. The third-order valence-electron chi connectivity index (χ3n) is 4.13. The van der Waals surface area contributed by atoms with Crippen LogP contribution in [0, 0.1) is 18.3 Å². The van der Waals surface area contributed by atoms with Crippen LogP contribution < -0.4 is 11.1 Å². The zero-order valence-corrected chi connectivity index (χ0v) is 14.2. The van der Waals surface area contributed by atoms with Gasteiger partial charge >= 0.3 is 0 Å². The predicted molar refractivity (Wildman–Crippen MR) is 93.8 cm³/mol. The summed E-state index contributed by atoms with van der Waals surface area (Å²) in [6.45, 7) is 6.98. The van der Waals surface area contributed by atoms with Crippen molar-refractivity contribution in [3.8, 4) is 6.07 Å². The molecule has 0 radical (unpaired) electrons. The van der Waals surface area contributed by atoms with Gasteiger partial charge < -0.3 is 16.0 Å². The SMILES string of the molecule is Cc1ccc(CN/C=C(/C#N)C(=O)N2CCN(CCN)CC2)cc1. The number of hydrogen-bond donors (Lipinski definition) is 2. The first-order valence-corrected chi connectivity index (χ1v) is 8.25. The number of nitrogens with two attached hydrogens (primary N) is 1. The molecule has 0 bridgehead atoms. The molecule has 0 saturated carbocycles. The van der Waals surface area contributed by atoms with E-state index in [0.29, 0.717) is 26.2 Å². The summed E-state index contributed by atoms with van der Waals surface area (Å²) in [6.07, 6.45) is 1.52. The van der Waals surface area contributed by atoms with Gasteiger partial charge in [0.25, 0.3) is 5.91 Å². The number of carbonyl (C=O) groups is 1. The van der Waals surface area contributed by atoms with Gasteiger partial charge in [-0.05, 0) is 12.5 Å². The second-order valence-electron chi connectivity index (χ2n) is 5.96. The molecule has 0 aliphatic carbocycles. The summed E-state index contributed by atoms with van der Waals surface area (Å²) in [4.78, 5) is 16.4. The first kappa shape index (κ1) is 18.0. The number of aryl methyl sites for hydroxylation is 1. The molecule has 6 heteroatoms. The second-order valence-corrected chi connectivity index (χ2v) is 5.96. The number of benzene rings is 1. The van der Waals surface area contributed by atoms with E-state index in [1.807, 2.05) is 37.3 Å². The van der Waals surface area contributed by atoms with E-state index in [9.17, 15) is 10.1 Å². The molecule has 3 N–H and O–H groups in total. The van der Waals surface area contributed by atoms with Crippen molar-refractivity contribution < 1.29 is 4.79 Å². The van der Waals surface area contributed by atoms with Crippen LogP contribution in [0.1, 0.15) is 11.1 Å². The van der Waals surface area contributed by atoms with Crippen molar-refractivity contribution in [2.24, 2.45) is 5.73 Å². The summed E-state index contributed by atoms with van der Waals surface area (Å²) in [7, 11) is 0. The zero-order valence-electron chi connectivity index (χ0n) is 14.2. The highest BCUT2D eigenvalue weighted by Gasteiger charge is 2.23. The highest BCUT2D eigenvalue weighted by atomic mass is 16.2. The lowest BCUT2D eigenvalue weighted by atomic mass is 10.1. The summed E-state index contributed by atoms with van der Waals surface area (Å²) < 4.78 is 0. The molecule has 1 aliphatic heterocycles. The Morgan fingerprint density at radius 1 is 1.29 bits per heavy atom. The van der Waals surface area contributed by atoms with Gasteiger partial charge in [0.1, 0.15) is 11.6 Å². The van der Waals surface area contributed by atoms with Crippen molar-refractivity contribution >= 4 is 5.91 Å². The second kappa shape index (κ2) is 9.06. The Bertz CT molecular complexity index is 609. The van der Waals surface area contributed by atoms with Gasteiger partial charge in [-0.15, -0.1) is 0 Å². The van der Waals surface area contributed by atoms with E-state index in [1.54, 1.807) is 4.90 Å². The van der Waals surface area contributed by atoms with Crippen molar-refractivity contribution in [2.45, 2.75) is 13.5 Å². The Labute approximate surface area is 143 Å². The van der Waals surface area contributed by atoms with E-state index in [0.717, 1.165) is 25.2 Å². The standard InChI is InChI=1S/C18H25N5O/c1-15-2-4-16(5-3-15)13-21-14-17(12-20)18(24)23-10-8-22(7-6-19)9-11-23/h2-5,14,21H,6-11,13,19H2,1H3/b17-14-. The lowest BCUT2D eigenvalue weighted by molar-refractivity contribution is -0.128. The third kappa shape index (κ3) is 5.08. The molecule has 1 fully saturated rings. The van der Waals surface area contributed by atoms with Crippen molar-refractivity contribution in [2.75, 3.05) is 39.3 Å². The van der Waals surface area contributed by atoms with Crippen LogP contribution in [-0.2, 0) is 11.3 Å². The van der Waals surface area contributed by atoms with Crippen LogP contribution in [0.5, 0.6) is 0 Å². The van der Waals surface area contributed by atoms with Gasteiger partial charge in [0.05, 0.1) is 0 Å². The molecule has 1 aliphatic rings. The minimum Gasteiger partial charge on any atom is -0.386 e. The Kier molecular flexibility index (Phi) is 6.79. The molecule has 24 heavy (non-hydrogen) atoms. The number of carbonyl (C=O) groups excluding carboxylic acids is 1. The number of hydrogen-bond acceptors (Lipinski definition) is 5. The van der Waals surface area contributed by atoms with Crippen LogP contribution in [0.2, 0.25) is 0 Å². The molecule has 0 unspecified atom stereocenters. The summed E-state index contributed by atoms with van der Waals surface area (Å²) in [5.74, 6) is -0.207. The smallest absolute Gasteiger partial charge is 0.266 e. The van der Waals surface area contributed by atoms with Crippen LogP contribution in [0.3, 0.4) is 0 Å². The Morgan fingerprint density at radius 3 is 2.54 bits per heavy atom. The molecule has 1 saturated heterocycles. The van der Waals surface area contributed by atoms with Gasteiger partial charge in [-0.3, -0.25) is 9.69 Å². The maximum absolute atomic E-state index is 12.4. The number of rotatable bonds is 6. The maximum Gasteiger partial charge on any atom is 0.266 e. The topological polar surface area (TPSA) is 85.4 Å². The predicted octanol–water partition coefficient (Wildman–Crippen LogP) is 0.595. The van der Waals surface area contributed by atoms with Gasteiger partial charge in [-0.25, -0.2) is 0 Å². The van der Waals surface area contributed by atoms with E-state index in [4.69, 9.17) is 5.73 Å². The average molecular weight is 327 g/mol. The number of nitrogens with one attached hydrogen (secondary N) is 1.